The number of anilines is 2. The van der Waals surface area contributed by atoms with E-state index in [2.05, 4.69) is 47.9 Å². The maximum Gasteiger partial charge on any atom is 0.236 e. The van der Waals surface area contributed by atoms with Gasteiger partial charge in [0.15, 0.2) is 0 Å². The molecule has 9 aromatic rings. The number of nitrogens with two attached hydrogens (primary N) is 3. The Labute approximate surface area is 482 Å². The molecule has 0 atom stereocenters. The molecule has 0 spiro atoms. The van der Waals surface area contributed by atoms with Gasteiger partial charge in [0, 0.05) is 54.4 Å². The molecule has 7 N–H and O–H groups in total. The first kappa shape index (κ1) is 59.6. The van der Waals surface area contributed by atoms with Crippen molar-refractivity contribution in [2.24, 2.45) is 5.73 Å². The van der Waals surface area contributed by atoms with Crippen LogP contribution in [0.4, 0.5) is 23.0 Å². The molecule has 0 aliphatic heterocycles. The Morgan fingerprint density at radius 3 is 1.56 bits per heavy atom. The maximum absolute atomic E-state index is 10.0. The number of carbonyl (C=O) groups is 1. The van der Waals surface area contributed by atoms with Gasteiger partial charge in [0.2, 0.25) is 11.4 Å². The number of alkyl halides is 1. The number of thiocarbonyl (C=S) groups is 1. The summed E-state index contributed by atoms with van der Waals surface area (Å²) >= 11 is 31.4. The number of nitrogens with zero attached hydrogens (tertiary/aromatic N) is 8. The molecule has 21 heteroatoms. The summed E-state index contributed by atoms with van der Waals surface area (Å²) in [6.07, 6.45) is 1.02. The first-order valence-electron chi connectivity index (χ1n) is 22.1. The van der Waals surface area contributed by atoms with E-state index in [4.69, 9.17) is 82.6 Å². The third-order valence-electron chi connectivity index (χ3n) is 9.92. The molecule has 0 aliphatic rings. The minimum atomic E-state index is 0.121. The second-order valence-corrected chi connectivity index (χ2v) is 19.9. The van der Waals surface area contributed by atoms with Crippen LogP contribution in [0.1, 0.15) is 39.3 Å². The van der Waals surface area contributed by atoms with Crippen LogP contribution in [0.3, 0.4) is 0 Å². The summed E-state index contributed by atoms with van der Waals surface area (Å²) < 4.78 is 0.251. The summed E-state index contributed by atoms with van der Waals surface area (Å²) in [6, 6.07) is 48.8. The Balaban J connectivity index is 0.000000201. The second kappa shape index (κ2) is 30.9. The molecule has 4 aromatic heterocycles. The predicted octanol–water partition coefficient (Wildman–Crippen LogP) is 16.1. The van der Waals surface area contributed by atoms with E-state index in [1.807, 2.05) is 144 Å². The normalized spacial score (nSPS) is 9.69. The highest BCUT2D eigenvalue weighted by Crippen LogP contribution is 2.42. The maximum atomic E-state index is 10.0. The lowest BCUT2D eigenvalue weighted by atomic mass is 10.00. The van der Waals surface area contributed by atoms with Crippen LogP contribution in [0.5, 0.6) is 0 Å². The van der Waals surface area contributed by atoms with Crippen molar-refractivity contribution >= 4 is 128 Å². The predicted molar refractivity (Wildman–Crippen MR) is 321 cm³/mol. The van der Waals surface area contributed by atoms with Crippen LogP contribution in [0, 0.1) is 51.8 Å². The van der Waals surface area contributed by atoms with E-state index in [0.29, 0.717) is 38.4 Å². The Kier molecular flexibility index (Phi) is 23.9. The molecule has 5 aromatic carbocycles. The minimum Gasteiger partial charge on any atom is -0.394 e. The van der Waals surface area contributed by atoms with Gasteiger partial charge in [0.25, 0.3) is 0 Å². The molecule has 0 aliphatic carbocycles. The monoisotopic (exact) mass is 1160 g/mol. The number of carbonyl (C=O) groups excluding carboxylic acids is 1. The standard InChI is InChI=1S/C23H14ClN5S2.C13H8N4S.C10H7Cl2NS.C7H6O.C3H4N2S/c1-27-20-19(14-5-3-2-4-6-14)18(11-25)23(29-21(20)26)31-13-17-12-30-22(28-17)15-7-9-16(24)10-8-15;1-16-11-10(8-5-3-2-4-6-8)9(7-14)13(18)17-12(11)15;11-5-9-6-14-10(13-9)7-1-3-8(12)4-2-7;8-6-7-4-2-1-3-5-7;4-2-1-3(5)6/h2-10,12H,13H2,(H2,26,29);2-6H,(H3,15,17,18);1-4,6H,5H2;1-6H;1H2,(H2,5,6). The number of halogens is 3. The number of aromatic nitrogens is 4. The number of hydrogen-bond acceptors (Lipinski definition) is 14. The number of benzene rings is 5. The number of aromatic amines is 1. The van der Waals surface area contributed by atoms with Gasteiger partial charge >= 0.3 is 0 Å². The van der Waals surface area contributed by atoms with Crippen LogP contribution in [-0.4, -0.2) is 31.2 Å². The highest BCUT2D eigenvalue weighted by atomic mass is 35.5. The van der Waals surface area contributed by atoms with Crippen molar-refractivity contribution in [2.45, 2.75) is 23.1 Å². The zero-order valence-corrected chi connectivity index (χ0v) is 46.4. The van der Waals surface area contributed by atoms with Crippen molar-refractivity contribution in [1.82, 2.24) is 19.9 Å². The summed E-state index contributed by atoms with van der Waals surface area (Å²) in [5.41, 5.74) is 24.9. The summed E-state index contributed by atoms with van der Waals surface area (Å²) in [6.45, 7) is 14.7. The van der Waals surface area contributed by atoms with Crippen LogP contribution in [0.15, 0.2) is 155 Å². The van der Waals surface area contributed by atoms with Gasteiger partial charge in [-0.3, -0.25) is 4.79 Å². The second-order valence-electron chi connectivity index (χ2n) is 15.1. The van der Waals surface area contributed by atoms with E-state index in [0.717, 1.165) is 60.5 Å². The number of pyridine rings is 2. The lowest BCUT2D eigenvalue weighted by molar-refractivity contribution is 0.112. The highest BCUT2D eigenvalue weighted by molar-refractivity contribution is 7.98. The molecular weight excluding hydrogens is 1120 g/mol. The van der Waals surface area contributed by atoms with E-state index in [1.165, 1.54) is 11.8 Å². The van der Waals surface area contributed by atoms with Crippen LogP contribution in [0.2, 0.25) is 10.0 Å². The van der Waals surface area contributed by atoms with Crippen molar-refractivity contribution in [3.8, 4) is 61.6 Å². The first-order valence-corrected chi connectivity index (χ1v) is 26.9. The van der Waals surface area contributed by atoms with Crippen LogP contribution in [-0.2, 0) is 11.6 Å². The largest absolute Gasteiger partial charge is 0.394 e. The van der Waals surface area contributed by atoms with E-state index in [-0.39, 0.29) is 44.6 Å². The van der Waals surface area contributed by atoms with Gasteiger partial charge in [-0.2, -0.15) is 15.8 Å². The summed E-state index contributed by atoms with van der Waals surface area (Å²) in [5.74, 6) is 1.30. The molecule has 9 rings (SSSR count). The average molecular weight is 1160 g/mol. The molecular formula is C56H39Cl3N12OS5. The lowest BCUT2D eigenvalue weighted by Crippen LogP contribution is -2.04. The number of rotatable bonds is 10. The van der Waals surface area contributed by atoms with Gasteiger partial charge in [-0.15, -0.1) is 34.3 Å². The molecule has 0 saturated carbocycles. The fraction of sp³-hybridized carbons (Fsp3) is 0.0536. The molecule has 13 nitrogen and oxygen atoms in total. The van der Waals surface area contributed by atoms with Gasteiger partial charge in [0.1, 0.15) is 49.7 Å². The first-order chi connectivity index (χ1) is 37.3. The number of hydrogen-bond donors (Lipinski definition) is 4. The zero-order valence-electron chi connectivity index (χ0n) is 40.0. The fourth-order valence-electron chi connectivity index (χ4n) is 6.44. The van der Waals surface area contributed by atoms with Gasteiger partial charge in [-0.25, -0.2) is 24.6 Å². The van der Waals surface area contributed by atoms with Crippen LogP contribution in [0.25, 0.3) is 53.1 Å². The molecule has 77 heavy (non-hydrogen) atoms. The third-order valence-corrected chi connectivity index (χ3v) is 14.0. The van der Waals surface area contributed by atoms with E-state index in [9.17, 15) is 15.3 Å². The summed E-state index contributed by atoms with van der Waals surface area (Å²) in [5, 5.41) is 34.6. The number of thiazole rings is 2. The molecule has 380 valence electrons. The van der Waals surface area contributed by atoms with Crippen LogP contribution < -0.4 is 17.2 Å². The molecule has 0 bridgehead atoms. The number of nitrogens with one attached hydrogen (secondary N) is 1. The molecule has 4 heterocycles. The van der Waals surface area contributed by atoms with Gasteiger partial charge in [-0.1, -0.05) is 175 Å². The SMILES string of the molecule is ClCc1csc(-c2ccc(Cl)cc2)n1.N#CCC(N)=S.O=Cc1ccccc1.[C-]#[N+]c1c(N)[nH]c(=S)c(C#N)c1-c1ccccc1.[C-]#[N+]c1c(N)nc(SCc2csc(-c3ccc(Cl)cc3)n2)c(C#N)c1-c1ccccc1. The number of aldehydes is 1. The van der Waals surface area contributed by atoms with Crippen molar-refractivity contribution in [3.05, 3.63) is 216 Å². The van der Waals surface area contributed by atoms with E-state index in [1.54, 1.807) is 40.9 Å². The summed E-state index contributed by atoms with van der Waals surface area (Å²) in [4.78, 5) is 33.3. The average Bonchev–Trinajstić information content (AvgIpc) is 4.16. The highest BCUT2D eigenvalue weighted by Gasteiger charge is 2.21. The van der Waals surface area contributed by atoms with Crippen LogP contribution >= 0.6 is 93.7 Å². The molecule has 0 amide bonds. The van der Waals surface area contributed by atoms with E-state index >= 15 is 0 Å². The third kappa shape index (κ3) is 17.4. The Morgan fingerprint density at radius 1 is 0.688 bits per heavy atom. The number of nitrogen functional groups attached to an aromatic ring is 2. The van der Waals surface area contributed by atoms with Crippen molar-refractivity contribution < 1.29 is 4.79 Å². The Bertz CT molecular complexity index is 3730. The number of nitriles is 3. The minimum absolute atomic E-state index is 0.121. The fourth-order valence-corrected chi connectivity index (χ4v) is 9.89. The van der Waals surface area contributed by atoms with Gasteiger partial charge in [-0.05, 0) is 35.4 Å². The lowest BCUT2D eigenvalue weighted by Gasteiger charge is -2.12. The van der Waals surface area contributed by atoms with Crippen molar-refractivity contribution in [3.63, 3.8) is 0 Å². The number of H-pyrrole nitrogens is 1. The topological polar surface area (TPSA) is 230 Å². The van der Waals surface area contributed by atoms with E-state index < -0.39 is 0 Å². The van der Waals surface area contributed by atoms with Gasteiger partial charge < -0.3 is 22.2 Å². The van der Waals surface area contributed by atoms with Gasteiger partial charge in [0.05, 0.1) is 59.0 Å². The molecule has 0 fully saturated rings. The quantitative estimate of drug-likeness (QED) is 0.0329. The summed E-state index contributed by atoms with van der Waals surface area (Å²) in [7, 11) is 0. The van der Waals surface area contributed by atoms with Crippen molar-refractivity contribution in [2.75, 3.05) is 11.5 Å². The smallest absolute Gasteiger partial charge is 0.236 e. The van der Waals surface area contributed by atoms with Crippen molar-refractivity contribution in [1.29, 1.82) is 15.8 Å². The Hall–Kier alpha value is -8.29. The molecule has 0 saturated heterocycles. The zero-order chi connectivity index (χ0) is 55.7. The molecule has 0 unspecified atom stereocenters. The number of thioether (sulfide) groups is 1. The molecule has 0 radical (unpaired) electrons. The Morgan fingerprint density at radius 2 is 1.16 bits per heavy atom.